The lowest BCUT2D eigenvalue weighted by atomic mass is 10.00. The summed E-state index contributed by atoms with van der Waals surface area (Å²) >= 11 is 0. The topological polar surface area (TPSA) is 65.7 Å². The SMILES string of the molecule is CCC(=O)OCOc1ccc2cc(-c3ccccc3C(F)(F)F)c(=O)oc2c1. The molecule has 8 heteroatoms. The van der Waals surface area contributed by atoms with E-state index >= 15 is 0 Å². The van der Waals surface area contributed by atoms with Gasteiger partial charge in [0.2, 0.25) is 6.79 Å². The lowest BCUT2D eigenvalue weighted by Gasteiger charge is -2.12. The number of benzene rings is 2. The Balaban J connectivity index is 1.96. The Morgan fingerprint density at radius 1 is 1.07 bits per heavy atom. The van der Waals surface area contributed by atoms with E-state index < -0.39 is 23.3 Å². The van der Waals surface area contributed by atoms with E-state index in [1.807, 2.05) is 0 Å². The summed E-state index contributed by atoms with van der Waals surface area (Å²) in [4.78, 5) is 23.4. The third-order valence-corrected chi connectivity index (χ3v) is 3.96. The maximum Gasteiger partial charge on any atom is 0.417 e. The first-order valence-corrected chi connectivity index (χ1v) is 8.32. The Kier molecular flexibility index (Phi) is 5.39. The Labute approximate surface area is 157 Å². The molecule has 0 N–H and O–H groups in total. The number of rotatable bonds is 5. The zero-order valence-electron chi connectivity index (χ0n) is 14.7. The van der Waals surface area contributed by atoms with Gasteiger partial charge in [0.05, 0.1) is 11.1 Å². The van der Waals surface area contributed by atoms with Crippen molar-refractivity contribution in [1.82, 2.24) is 0 Å². The van der Waals surface area contributed by atoms with E-state index in [0.29, 0.717) is 5.39 Å². The molecule has 0 atom stereocenters. The first-order valence-electron chi connectivity index (χ1n) is 8.32. The lowest BCUT2D eigenvalue weighted by molar-refractivity contribution is -0.149. The van der Waals surface area contributed by atoms with Crippen LogP contribution in [-0.4, -0.2) is 12.8 Å². The van der Waals surface area contributed by atoms with Gasteiger partial charge in [0, 0.05) is 23.4 Å². The number of ether oxygens (including phenoxy) is 2. The van der Waals surface area contributed by atoms with Crippen LogP contribution in [-0.2, 0) is 15.7 Å². The summed E-state index contributed by atoms with van der Waals surface area (Å²) in [6.45, 7) is 1.33. The number of hydrogen-bond donors (Lipinski definition) is 0. The van der Waals surface area contributed by atoms with Crippen molar-refractivity contribution in [2.75, 3.05) is 6.79 Å². The highest BCUT2D eigenvalue weighted by Gasteiger charge is 2.34. The number of halogens is 3. The summed E-state index contributed by atoms with van der Waals surface area (Å²) in [6.07, 6.45) is -4.40. The molecule has 0 unspecified atom stereocenters. The van der Waals surface area contributed by atoms with E-state index in [1.165, 1.54) is 42.5 Å². The second-order valence-electron chi connectivity index (χ2n) is 5.82. The number of carbonyl (C=O) groups is 1. The van der Waals surface area contributed by atoms with E-state index in [-0.39, 0.29) is 35.7 Å². The van der Waals surface area contributed by atoms with E-state index in [1.54, 1.807) is 6.92 Å². The van der Waals surface area contributed by atoms with Gasteiger partial charge in [-0.15, -0.1) is 0 Å². The number of hydrogen-bond acceptors (Lipinski definition) is 5. The minimum Gasteiger partial charge on any atom is -0.457 e. The number of fused-ring (bicyclic) bond motifs is 1. The van der Waals surface area contributed by atoms with Gasteiger partial charge in [-0.1, -0.05) is 25.1 Å². The van der Waals surface area contributed by atoms with Gasteiger partial charge >= 0.3 is 17.8 Å². The van der Waals surface area contributed by atoms with Gasteiger partial charge in [-0.2, -0.15) is 13.2 Å². The summed E-state index contributed by atoms with van der Waals surface area (Å²) in [5.74, 6) is -0.150. The molecule has 0 fully saturated rings. The molecule has 0 aliphatic rings. The van der Waals surface area contributed by atoms with Crippen molar-refractivity contribution in [3.8, 4) is 16.9 Å². The van der Waals surface area contributed by atoms with Crippen molar-refractivity contribution in [2.45, 2.75) is 19.5 Å². The molecule has 3 rings (SSSR count). The highest BCUT2D eigenvalue weighted by molar-refractivity contribution is 5.83. The summed E-state index contributed by atoms with van der Waals surface area (Å²) in [6, 6.07) is 10.6. The second kappa shape index (κ2) is 7.75. The second-order valence-corrected chi connectivity index (χ2v) is 5.82. The fourth-order valence-electron chi connectivity index (χ4n) is 2.60. The minimum absolute atomic E-state index is 0.137. The molecule has 146 valence electrons. The van der Waals surface area contributed by atoms with Crippen molar-refractivity contribution in [2.24, 2.45) is 0 Å². The van der Waals surface area contributed by atoms with Gasteiger partial charge in [0.1, 0.15) is 11.3 Å². The first kappa shape index (κ1) is 19.5. The molecule has 2 aromatic carbocycles. The van der Waals surface area contributed by atoms with Crippen molar-refractivity contribution >= 4 is 16.9 Å². The molecule has 3 aromatic rings. The fourth-order valence-corrected chi connectivity index (χ4v) is 2.60. The Bertz CT molecular complexity index is 1070. The molecule has 0 saturated heterocycles. The summed E-state index contributed by atoms with van der Waals surface area (Å²) in [7, 11) is 0. The van der Waals surface area contributed by atoms with Crippen LogP contribution in [0.4, 0.5) is 13.2 Å². The maximum absolute atomic E-state index is 13.2. The largest absolute Gasteiger partial charge is 0.457 e. The van der Waals surface area contributed by atoms with Crippen molar-refractivity contribution in [3.63, 3.8) is 0 Å². The highest BCUT2D eigenvalue weighted by atomic mass is 19.4. The number of carbonyl (C=O) groups excluding carboxylic acids is 1. The van der Waals surface area contributed by atoms with Crippen LogP contribution >= 0.6 is 0 Å². The summed E-state index contributed by atoms with van der Waals surface area (Å²) < 4.78 is 55.0. The molecule has 5 nitrogen and oxygen atoms in total. The van der Waals surface area contributed by atoms with E-state index in [9.17, 15) is 22.8 Å². The average molecular weight is 392 g/mol. The number of esters is 1. The Hall–Kier alpha value is -3.29. The van der Waals surface area contributed by atoms with Crippen molar-refractivity contribution in [1.29, 1.82) is 0 Å². The van der Waals surface area contributed by atoms with Crippen LogP contribution in [0.15, 0.2) is 57.7 Å². The summed E-state index contributed by atoms with van der Waals surface area (Å²) in [5, 5.41) is 0.421. The van der Waals surface area contributed by atoms with Crippen molar-refractivity contribution < 1.29 is 31.9 Å². The van der Waals surface area contributed by atoms with Crippen LogP contribution in [0.25, 0.3) is 22.1 Å². The third kappa shape index (κ3) is 4.16. The first-order chi connectivity index (χ1) is 13.3. The van der Waals surface area contributed by atoms with Gasteiger partial charge in [0.15, 0.2) is 0 Å². The van der Waals surface area contributed by atoms with Gasteiger partial charge in [0.25, 0.3) is 0 Å². The predicted octanol–water partition coefficient (Wildman–Crippen LogP) is 4.77. The standard InChI is InChI=1S/C20H15F3O5/c1-2-18(24)27-11-26-13-8-7-12-9-15(19(25)28-17(12)10-13)14-5-3-4-6-16(14)20(21,22)23/h3-10H,2,11H2,1H3. The highest BCUT2D eigenvalue weighted by Crippen LogP contribution is 2.36. The van der Waals surface area contributed by atoms with E-state index in [4.69, 9.17) is 13.9 Å². The summed E-state index contributed by atoms with van der Waals surface area (Å²) in [5.41, 5.74) is -2.13. The Morgan fingerprint density at radius 3 is 2.54 bits per heavy atom. The van der Waals surface area contributed by atoms with E-state index in [2.05, 4.69) is 0 Å². The van der Waals surface area contributed by atoms with Crippen LogP contribution in [0.5, 0.6) is 5.75 Å². The zero-order chi connectivity index (χ0) is 20.3. The molecule has 0 aliphatic heterocycles. The molecule has 0 saturated carbocycles. The molecular formula is C20H15F3O5. The molecular weight excluding hydrogens is 377 g/mol. The lowest BCUT2D eigenvalue weighted by Crippen LogP contribution is -2.11. The van der Waals surface area contributed by atoms with Gasteiger partial charge < -0.3 is 13.9 Å². The predicted molar refractivity (Wildman–Crippen MR) is 94.8 cm³/mol. The molecule has 1 heterocycles. The zero-order valence-corrected chi connectivity index (χ0v) is 14.7. The molecule has 1 aromatic heterocycles. The van der Waals surface area contributed by atoms with Crippen LogP contribution < -0.4 is 10.4 Å². The monoisotopic (exact) mass is 392 g/mol. The normalized spacial score (nSPS) is 11.4. The smallest absolute Gasteiger partial charge is 0.417 e. The van der Waals surface area contributed by atoms with Gasteiger partial charge in [-0.05, 0) is 24.3 Å². The van der Waals surface area contributed by atoms with E-state index in [0.717, 1.165) is 6.07 Å². The van der Waals surface area contributed by atoms with Crippen molar-refractivity contribution in [3.05, 3.63) is 64.5 Å². The average Bonchev–Trinajstić information content (AvgIpc) is 2.66. The minimum atomic E-state index is -4.61. The van der Waals surface area contributed by atoms with Crippen LogP contribution in [0.1, 0.15) is 18.9 Å². The maximum atomic E-state index is 13.2. The molecule has 0 radical (unpaired) electrons. The Morgan fingerprint density at radius 2 is 1.82 bits per heavy atom. The van der Waals surface area contributed by atoms with Crippen LogP contribution in [0, 0.1) is 0 Å². The molecule has 0 amide bonds. The van der Waals surface area contributed by atoms with Crippen LogP contribution in [0.2, 0.25) is 0 Å². The quantitative estimate of drug-likeness (QED) is 0.356. The molecule has 28 heavy (non-hydrogen) atoms. The van der Waals surface area contributed by atoms with Crippen LogP contribution in [0.3, 0.4) is 0 Å². The van der Waals surface area contributed by atoms with Gasteiger partial charge in [-0.3, -0.25) is 4.79 Å². The van der Waals surface area contributed by atoms with Gasteiger partial charge in [-0.25, -0.2) is 4.79 Å². The fraction of sp³-hybridized carbons (Fsp3) is 0.200. The number of alkyl halides is 3. The third-order valence-electron chi connectivity index (χ3n) is 3.96. The molecule has 0 aliphatic carbocycles. The molecule has 0 spiro atoms. The molecule has 0 bridgehead atoms.